The predicted octanol–water partition coefficient (Wildman–Crippen LogP) is 0.986. The van der Waals surface area contributed by atoms with Crippen molar-refractivity contribution in [2.45, 2.75) is 38.8 Å². The van der Waals surface area contributed by atoms with Crippen LogP contribution in [-0.4, -0.2) is 26.7 Å². The van der Waals surface area contributed by atoms with E-state index < -0.39 is 11.1 Å². The number of nitrogens with zero attached hydrogens (tertiary/aromatic N) is 3. The summed E-state index contributed by atoms with van der Waals surface area (Å²) < 4.78 is 2.65. The second-order valence-corrected chi connectivity index (χ2v) is 5.79. The van der Waals surface area contributed by atoms with Crippen LogP contribution in [0.25, 0.3) is 0 Å². The van der Waals surface area contributed by atoms with Gasteiger partial charge in [0.15, 0.2) is 17.9 Å². The summed E-state index contributed by atoms with van der Waals surface area (Å²) >= 11 is 0. The quantitative estimate of drug-likeness (QED) is 0.550. The van der Waals surface area contributed by atoms with E-state index in [9.17, 15) is 10.4 Å². The molecule has 0 bridgehead atoms. The van der Waals surface area contributed by atoms with Gasteiger partial charge in [0.05, 0.1) is 0 Å². The Labute approximate surface area is 107 Å². The molecule has 0 fully saturated rings. The van der Waals surface area contributed by atoms with Crippen LogP contribution in [-0.2, 0) is 12.3 Å². The maximum atomic E-state index is 12.4. The van der Waals surface area contributed by atoms with E-state index in [4.69, 9.17) is 0 Å². The molecule has 0 atom stereocenters. The van der Waals surface area contributed by atoms with Crippen molar-refractivity contribution in [1.29, 1.82) is 0 Å². The average molecular weight is 249 g/mol. The topological polar surface area (TPSA) is 53.1 Å². The highest BCUT2D eigenvalue weighted by Crippen LogP contribution is 2.36. The minimum atomic E-state index is -0.765. The second-order valence-electron chi connectivity index (χ2n) is 5.79. The molecule has 1 aromatic heterocycles. The van der Waals surface area contributed by atoms with Gasteiger partial charge in [-0.15, -0.1) is 0 Å². The van der Waals surface area contributed by atoms with Crippen LogP contribution >= 0.6 is 0 Å². The highest BCUT2D eigenvalue weighted by molar-refractivity contribution is 5.95. The van der Waals surface area contributed by atoms with Crippen molar-refractivity contribution in [3.05, 3.63) is 35.3 Å². The third-order valence-electron chi connectivity index (χ3n) is 4.10. The fraction of sp³-hybridized carbons (Fsp3) is 0.538. The summed E-state index contributed by atoms with van der Waals surface area (Å²) in [5.41, 5.74) is -0.888. The minimum absolute atomic E-state index is 0.182. The molecule has 5 heteroatoms. The standard InChI is InChI=1S/C13H19N3O2/c1-12(2)13(3,4)16(18)11(15(12)17)10-7-6-8-14(5)9-10/h6-9H,1-5H3/q+1. The maximum Gasteiger partial charge on any atom is 0.322 e. The van der Waals surface area contributed by atoms with E-state index in [-0.39, 0.29) is 5.84 Å². The van der Waals surface area contributed by atoms with Crippen molar-refractivity contribution < 1.29 is 14.5 Å². The van der Waals surface area contributed by atoms with Gasteiger partial charge in [-0.25, -0.2) is 4.57 Å². The molecule has 0 spiro atoms. The van der Waals surface area contributed by atoms with Gasteiger partial charge in [-0.1, -0.05) is 5.06 Å². The fourth-order valence-corrected chi connectivity index (χ4v) is 2.06. The van der Waals surface area contributed by atoms with Gasteiger partial charge in [-0.05, 0) is 33.8 Å². The molecule has 0 aliphatic carbocycles. The molecule has 0 amide bonds. The second kappa shape index (κ2) is 3.68. The Morgan fingerprint density at radius 1 is 1.28 bits per heavy atom. The zero-order valence-electron chi connectivity index (χ0n) is 11.5. The Kier molecular flexibility index (Phi) is 2.63. The smallest absolute Gasteiger partial charge is 0.322 e. The molecule has 0 unspecified atom stereocenters. The van der Waals surface area contributed by atoms with Gasteiger partial charge in [-0.2, -0.15) is 0 Å². The summed E-state index contributed by atoms with van der Waals surface area (Å²) in [5.74, 6) is 0.182. The zero-order valence-corrected chi connectivity index (χ0v) is 11.5. The first-order valence-corrected chi connectivity index (χ1v) is 5.97. The molecule has 97 valence electrons. The number of hydrogen-bond acceptors (Lipinski definition) is 2. The lowest BCUT2D eigenvalue weighted by molar-refractivity contribution is -0.671. The molecule has 0 aromatic carbocycles. The molecule has 0 N–H and O–H groups in total. The fourth-order valence-electron chi connectivity index (χ4n) is 2.06. The number of aromatic nitrogens is 1. The largest absolute Gasteiger partial charge is 0.714 e. The third kappa shape index (κ3) is 1.50. The SMILES string of the molecule is C[n+]1cccc(C2=[N+]([O-])C(C)(C)C(C)(C)N2[O])c1. The van der Waals surface area contributed by atoms with Gasteiger partial charge in [-0.3, -0.25) is 4.74 Å². The molecule has 2 heterocycles. The first-order valence-electron chi connectivity index (χ1n) is 5.97. The van der Waals surface area contributed by atoms with E-state index in [1.807, 2.05) is 23.9 Å². The van der Waals surface area contributed by atoms with E-state index in [2.05, 4.69) is 0 Å². The van der Waals surface area contributed by atoms with E-state index in [0.717, 1.165) is 9.80 Å². The summed E-state index contributed by atoms with van der Waals surface area (Å²) in [6.45, 7) is 7.17. The molecule has 18 heavy (non-hydrogen) atoms. The summed E-state index contributed by atoms with van der Waals surface area (Å²) in [5, 5.41) is 25.6. The third-order valence-corrected chi connectivity index (χ3v) is 4.10. The van der Waals surface area contributed by atoms with E-state index in [1.165, 1.54) is 0 Å². The predicted molar refractivity (Wildman–Crippen MR) is 66.0 cm³/mol. The number of rotatable bonds is 1. The molecular weight excluding hydrogens is 230 g/mol. The Hall–Kier alpha value is -1.62. The molecule has 0 saturated heterocycles. The highest BCUT2D eigenvalue weighted by atomic mass is 16.5. The van der Waals surface area contributed by atoms with Gasteiger partial charge >= 0.3 is 5.84 Å². The molecule has 1 radical (unpaired) electrons. The van der Waals surface area contributed by atoms with Crippen molar-refractivity contribution in [1.82, 2.24) is 5.06 Å². The van der Waals surface area contributed by atoms with E-state index in [1.54, 1.807) is 40.0 Å². The van der Waals surface area contributed by atoms with E-state index >= 15 is 0 Å². The lowest BCUT2D eigenvalue weighted by atomic mass is 9.84. The zero-order chi connectivity index (χ0) is 13.7. The van der Waals surface area contributed by atoms with Crippen LogP contribution in [0.4, 0.5) is 0 Å². The molecule has 0 saturated carbocycles. The van der Waals surface area contributed by atoms with Gasteiger partial charge < -0.3 is 5.21 Å². The molecule has 5 nitrogen and oxygen atoms in total. The molecule has 1 aliphatic heterocycles. The van der Waals surface area contributed by atoms with Crippen LogP contribution < -0.4 is 4.57 Å². The van der Waals surface area contributed by atoms with Crippen LogP contribution in [0.3, 0.4) is 0 Å². The number of amidine groups is 1. The maximum absolute atomic E-state index is 12.4. The Bertz CT molecular complexity index is 521. The minimum Gasteiger partial charge on any atom is -0.714 e. The number of aryl methyl sites for hydroxylation is 1. The highest BCUT2D eigenvalue weighted by Gasteiger charge is 2.60. The Morgan fingerprint density at radius 3 is 2.33 bits per heavy atom. The number of hydroxylamine groups is 3. The van der Waals surface area contributed by atoms with Crippen molar-refractivity contribution in [3.8, 4) is 0 Å². The summed E-state index contributed by atoms with van der Waals surface area (Å²) in [6.07, 6.45) is 3.64. The van der Waals surface area contributed by atoms with Gasteiger partial charge in [0, 0.05) is 11.3 Å². The number of hydrogen-bond donors (Lipinski definition) is 0. The van der Waals surface area contributed by atoms with Crippen LogP contribution in [0.15, 0.2) is 24.5 Å². The van der Waals surface area contributed by atoms with Crippen molar-refractivity contribution >= 4 is 5.84 Å². The summed E-state index contributed by atoms with van der Waals surface area (Å²) in [7, 11) is 1.86. The first-order chi connectivity index (χ1) is 8.19. The molecule has 1 aromatic rings. The summed E-state index contributed by atoms with van der Waals surface area (Å²) in [4.78, 5) is 0. The lowest BCUT2D eigenvalue weighted by Crippen LogP contribution is -2.53. The normalized spacial score (nSPS) is 21.6. The monoisotopic (exact) mass is 249 g/mol. The average Bonchev–Trinajstić information content (AvgIpc) is 2.38. The van der Waals surface area contributed by atoms with Gasteiger partial charge in [0.2, 0.25) is 0 Å². The van der Waals surface area contributed by atoms with Crippen LogP contribution in [0.5, 0.6) is 0 Å². The molecule has 1 aliphatic rings. The Balaban J connectivity index is 2.61. The number of pyridine rings is 1. The molecular formula is C13H19N3O2+. The lowest BCUT2D eigenvalue weighted by Gasteiger charge is -2.32. The Morgan fingerprint density at radius 2 is 1.89 bits per heavy atom. The van der Waals surface area contributed by atoms with Crippen LogP contribution in [0.2, 0.25) is 0 Å². The van der Waals surface area contributed by atoms with Crippen molar-refractivity contribution in [2.75, 3.05) is 0 Å². The first kappa shape index (κ1) is 12.8. The van der Waals surface area contributed by atoms with E-state index in [0.29, 0.717) is 5.56 Å². The summed E-state index contributed by atoms with van der Waals surface area (Å²) in [6, 6.07) is 3.60. The molecule has 2 rings (SSSR count). The van der Waals surface area contributed by atoms with Gasteiger partial charge in [0.25, 0.3) is 0 Å². The van der Waals surface area contributed by atoms with Crippen molar-refractivity contribution in [3.63, 3.8) is 0 Å². The van der Waals surface area contributed by atoms with Crippen molar-refractivity contribution in [2.24, 2.45) is 7.05 Å². The van der Waals surface area contributed by atoms with Gasteiger partial charge in [0.1, 0.15) is 18.2 Å². The van der Waals surface area contributed by atoms with Crippen LogP contribution in [0, 0.1) is 5.21 Å². The van der Waals surface area contributed by atoms with Crippen LogP contribution in [0.1, 0.15) is 33.3 Å².